The molecule has 1 fully saturated rings. The van der Waals surface area contributed by atoms with E-state index >= 15 is 0 Å². The van der Waals surface area contributed by atoms with Gasteiger partial charge in [-0.2, -0.15) is 11.8 Å². The highest BCUT2D eigenvalue weighted by Crippen LogP contribution is 2.38. The number of thioether (sulfide) groups is 1. The van der Waals surface area contributed by atoms with E-state index < -0.39 is 0 Å². The van der Waals surface area contributed by atoms with Crippen LogP contribution in [0.5, 0.6) is 0 Å². The summed E-state index contributed by atoms with van der Waals surface area (Å²) < 4.78 is 0. The third-order valence-electron chi connectivity index (χ3n) is 3.91. The van der Waals surface area contributed by atoms with Gasteiger partial charge >= 0.3 is 0 Å². The Balaban J connectivity index is 1.97. The van der Waals surface area contributed by atoms with Crippen molar-refractivity contribution in [2.45, 2.75) is 71.1 Å². The minimum Gasteiger partial charge on any atom is -0.312 e. The van der Waals surface area contributed by atoms with Crippen LogP contribution in [0.2, 0.25) is 0 Å². The Bertz CT molecular complexity index is 450. The minimum atomic E-state index is 0.199. The van der Waals surface area contributed by atoms with Crippen molar-refractivity contribution in [1.82, 2.24) is 15.3 Å². The molecule has 1 atom stereocenters. The second kappa shape index (κ2) is 7.10. The molecule has 1 aliphatic rings. The smallest absolute Gasteiger partial charge is 0.141 e. The molecule has 4 heteroatoms. The van der Waals surface area contributed by atoms with Gasteiger partial charge in [0.25, 0.3) is 0 Å². The van der Waals surface area contributed by atoms with Gasteiger partial charge in [0, 0.05) is 16.9 Å². The molecule has 1 aromatic rings. The van der Waals surface area contributed by atoms with Crippen LogP contribution in [0, 0.1) is 13.8 Å². The maximum atomic E-state index is 4.79. The summed E-state index contributed by atoms with van der Waals surface area (Å²) in [6, 6.07) is 0. The molecule has 1 unspecified atom stereocenters. The van der Waals surface area contributed by atoms with E-state index in [1.807, 2.05) is 11.8 Å². The van der Waals surface area contributed by atoms with Crippen LogP contribution < -0.4 is 5.32 Å². The molecule has 0 radical (unpaired) electrons. The van der Waals surface area contributed by atoms with Gasteiger partial charge in [0.15, 0.2) is 0 Å². The maximum Gasteiger partial charge on any atom is 0.141 e. The summed E-state index contributed by atoms with van der Waals surface area (Å²) >= 11 is 2.01. The van der Waals surface area contributed by atoms with Crippen molar-refractivity contribution in [3.8, 4) is 0 Å². The molecule has 21 heavy (non-hydrogen) atoms. The van der Waals surface area contributed by atoms with Crippen molar-refractivity contribution in [3.05, 3.63) is 22.8 Å². The molecule has 1 N–H and O–H groups in total. The predicted molar refractivity (Wildman–Crippen MR) is 92.0 cm³/mol. The van der Waals surface area contributed by atoms with Gasteiger partial charge in [-0.25, -0.2) is 9.97 Å². The molecule has 2 heterocycles. The first-order valence-corrected chi connectivity index (χ1v) is 9.12. The van der Waals surface area contributed by atoms with Crippen molar-refractivity contribution in [1.29, 1.82) is 0 Å². The fourth-order valence-electron chi connectivity index (χ4n) is 2.78. The number of hydrogen-bond donors (Lipinski definition) is 1. The quantitative estimate of drug-likeness (QED) is 0.835. The number of nitrogens with zero attached hydrogens (tertiary/aromatic N) is 2. The summed E-state index contributed by atoms with van der Waals surface area (Å²) in [7, 11) is 0. The van der Waals surface area contributed by atoms with Crippen LogP contribution in [0.1, 0.15) is 68.1 Å². The summed E-state index contributed by atoms with van der Waals surface area (Å²) in [6.45, 7) is 12.0. The SMILES string of the molecule is Cc1nc(C2CCCS2)nc(C)c1CCCNC(C)(C)C. The Kier molecular flexibility index (Phi) is 5.67. The van der Waals surface area contributed by atoms with Gasteiger partial charge in [-0.3, -0.25) is 0 Å². The van der Waals surface area contributed by atoms with Crippen molar-refractivity contribution in [3.63, 3.8) is 0 Å². The Hall–Kier alpha value is -0.610. The molecular weight excluding hydrogens is 278 g/mol. The Morgan fingerprint density at radius 3 is 2.38 bits per heavy atom. The number of aryl methyl sites for hydroxylation is 2. The largest absolute Gasteiger partial charge is 0.312 e. The molecule has 1 aromatic heterocycles. The molecule has 1 saturated heterocycles. The molecular formula is C17H29N3S. The highest BCUT2D eigenvalue weighted by Gasteiger charge is 2.21. The van der Waals surface area contributed by atoms with Gasteiger partial charge < -0.3 is 5.32 Å². The minimum absolute atomic E-state index is 0.199. The van der Waals surface area contributed by atoms with E-state index in [0.29, 0.717) is 5.25 Å². The second-order valence-corrected chi connectivity index (χ2v) is 8.32. The number of aromatic nitrogens is 2. The van der Waals surface area contributed by atoms with E-state index in [0.717, 1.165) is 25.2 Å². The standard InChI is InChI=1S/C17H29N3S/c1-12-14(8-6-10-18-17(3,4)5)13(2)20-16(19-12)15-9-7-11-21-15/h15,18H,6-11H2,1-5H3. The lowest BCUT2D eigenvalue weighted by molar-refractivity contribution is 0.422. The van der Waals surface area contributed by atoms with E-state index in [2.05, 4.69) is 39.9 Å². The third-order valence-corrected chi connectivity index (χ3v) is 5.29. The third kappa shape index (κ3) is 4.96. The summed E-state index contributed by atoms with van der Waals surface area (Å²) in [4.78, 5) is 9.58. The van der Waals surface area contributed by atoms with E-state index in [4.69, 9.17) is 9.97 Å². The normalized spacial score (nSPS) is 19.2. The highest BCUT2D eigenvalue weighted by molar-refractivity contribution is 7.99. The van der Waals surface area contributed by atoms with E-state index in [9.17, 15) is 0 Å². The average molecular weight is 308 g/mol. The molecule has 0 bridgehead atoms. The summed E-state index contributed by atoms with van der Waals surface area (Å²) in [5.41, 5.74) is 3.91. The fraction of sp³-hybridized carbons (Fsp3) is 0.765. The summed E-state index contributed by atoms with van der Waals surface area (Å²) in [5.74, 6) is 2.32. The van der Waals surface area contributed by atoms with Crippen LogP contribution in [-0.2, 0) is 6.42 Å². The highest BCUT2D eigenvalue weighted by atomic mass is 32.2. The molecule has 0 aliphatic carbocycles. The van der Waals surface area contributed by atoms with Gasteiger partial charge in [-0.05, 0) is 78.2 Å². The van der Waals surface area contributed by atoms with E-state index in [1.54, 1.807) is 0 Å². The van der Waals surface area contributed by atoms with Crippen LogP contribution in [0.4, 0.5) is 0 Å². The van der Waals surface area contributed by atoms with E-state index in [-0.39, 0.29) is 5.54 Å². The lowest BCUT2D eigenvalue weighted by Crippen LogP contribution is -2.36. The Morgan fingerprint density at radius 1 is 1.19 bits per heavy atom. The first-order valence-electron chi connectivity index (χ1n) is 8.07. The van der Waals surface area contributed by atoms with Crippen LogP contribution in [-0.4, -0.2) is 27.8 Å². The zero-order valence-electron chi connectivity index (χ0n) is 14.1. The Morgan fingerprint density at radius 2 is 1.86 bits per heavy atom. The molecule has 0 spiro atoms. The lowest BCUT2D eigenvalue weighted by Gasteiger charge is -2.20. The van der Waals surface area contributed by atoms with Crippen molar-refractivity contribution in [2.75, 3.05) is 12.3 Å². The molecule has 0 amide bonds. The van der Waals surface area contributed by atoms with Crippen molar-refractivity contribution >= 4 is 11.8 Å². The first kappa shape index (κ1) is 16.8. The lowest BCUT2D eigenvalue weighted by atomic mass is 10.0. The van der Waals surface area contributed by atoms with Crippen LogP contribution in [0.15, 0.2) is 0 Å². The van der Waals surface area contributed by atoms with Gasteiger partial charge in [-0.1, -0.05) is 0 Å². The summed E-state index contributed by atoms with van der Waals surface area (Å²) in [5, 5.41) is 4.07. The molecule has 1 aliphatic heterocycles. The molecule has 2 rings (SSSR count). The molecule has 0 aromatic carbocycles. The Labute approximate surface area is 133 Å². The van der Waals surface area contributed by atoms with Crippen LogP contribution in [0.25, 0.3) is 0 Å². The van der Waals surface area contributed by atoms with Gasteiger partial charge in [-0.15, -0.1) is 0 Å². The maximum absolute atomic E-state index is 4.79. The average Bonchev–Trinajstić information content (AvgIpc) is 2.89. The second-order valence-electron chi connectivity index (χ2n) is 7.01. The van der Waals surface area contributed by atoms with Crippen LogP contribution in [0.3, 0.4) is 0 Å². The zero-order chi connectivity index (χ0) is 15.5. The van der Waals surface area contributed by atoms with Gasteiger partial charge in [0.05, 0.1) is 5.25 Å². The predicted octanol–water partition coefficient (Wildman–Crippen LogP) is 3.98. The molecule has 3 nitrogen and oxygen atoms in total. The number of nitrogens with one attached hydrogen (secondary N) is 1. The monoisotopic (exact) mass is 307 g/mol. The topological polar surface area (TPSA) is 37.8 Å². The van der Waals surface area contributed by atoms with Crippen molar-refractivity contribution in [2.24, 2.45) is 0 Å². The number of hydrogen-bond acceptors (Lipinski definition) is 4. The number of rotatable bonds is 5. The van der Waals surface area contributed by atoms with E-state index in [1.165, 1.54) is 35.5 Å². The summed E-state index contributed by atoms with van der Waals surface area (Å²) in [6.07, 6.45) is 4.74. The van der Waals surface area contributed by atoms with Crippen molar-refractivity contribution < 1.29 is 0 Å². The fourth-order valence-corrected chi connectivity index (χ4v) is 3.99. The van der Waals surface area contributed by atoms with Gasteiger partial charge in [0.2, 0.25) is 0 Å². The molecule has 0 saturated carbocycles. The zero-order valence-corrected chi connectivity index (χ0v) is 14.9. The van der Waals surface area contributed by atoms with Gasteiger partial charge in [0.1, 0.15) is 5.82 Å². The van der Waals surface area contributed by atoms with Crippen LogP contribution >= 0.6 is 11.8 Å². The molecule has 118 valence electrons. The first-order chi connectivity index (χ1) is 9.87.